The van der Waals surface area contributed by atoms with E-state index >= 15 is 0 Å². The topological polar surface area (TPSA) is 43.6 Å². The fourth-order valence-electron chi connectivity index (χ4n) is 9.86. The highest BCUT2D eigenvalue weighted by molar-refractivity contribution is 6.24. The molecule has 0 radical (unpaired) electrons. The molecule has 4 nitrogen and oxygen atoms in total. The average molecular weight is 765 g/mol. The molecule has 11 aromatic rings. The third kappa shape index (κ3) is 5.01. The molecule has 0 saturated carbocycles. The van der Waals surface area contributed by atoms with Crippen LogP contribution >= 0.6 is 0 Å². The van der Waals surface area contributed by atoms with Crippen molar-refractivity contribution in [2.45, 2.75) is 5.41 Å². The minimum atomic E-state index is -0.560. The van der Waals surface area contributed by atoms with Crippen molar-refractivity contribution in [2.75, 3.05) is 0 Å². The van der Waals surface area contributed by atoms with Crippen molar-refractivity contribution in [2.24, 2.45) is 0 Å². The van der Waals surface area contributed by atoms with E-state index in [0.29, 0.717) is 17.5 Å². The fraction of sp³-hybridized carbons (Fsp3) is 0.0179. The summed E-state index contributed by atoms with van der Waals surface area (Å²) in [5.41, 5.74) is 13.1. The maximum atomic E-state index is 5.20. The van der Waals surface area contributed by atoms with Gasteiger partial charge in [-0.15, -0.1) is 0 Å². The molecule has 0 saturated heterocycles. The smallest absolute Gasteiger partial charge is 0.166 e. The normalized spacial score (nSPS) is 12.8. The summed E-state index contributed by atoms with van der Waals surface area (Å²) >= 11 is 0. The van der Waals surface area contributed by atoms with Crippen LogP contribution in [0.5, 0.6) is 0 Å². The van der Waals surface area contributed by atoms with Crippen molar-refractivity contribution in [3.8, 4) is 51.0 Å². The SMILES string of the molecule is c1ccc(-c2nc(-c3ccccc3)nc(-c3ccccc3-n3c4ccccc4c4c5c6c(ccc5ccc43)-c3ccccc3C6(c3ccccc3)c3ccccc3)n2)cc1. The van der Waals surface area contributed by atoms with Crippen LogP contribution in [0.15, 0.2) is 218 Å². The Balaban J connectivity index is 1.19. The number of benzene rings is 9. The lowest BCUT2D eigenvalue weighted by Crippen LogP contribution is -2.28. The summed E-state index contributed by atoms with van der Waals surface area (Å²) in [6.45, 7) is 0. The molecular formula is C56H36N4. The van der Waals surface area contributed by atoms with E-state index in [1.807, 2.05) is 36.4 Å². The zero-order chi connectivity index (χ0) is 39.6. The molecule has 1 aliphatic rings. The number of hydrogen-bond acceptors (Lipinski definition) is 3. The van der Waals surface area contributed by atoms with Crippen molar-refractivity contribution >= 4 is 32.6 Å². The fourth-order valence-corrected chi connectivity index (χ4v) is 9.86. The van der Waals surface area contributed by atoms with Crippen LogP contribution in [0.3, 0.4) is 0 Å². The summed E-state index contributed by atoms with van der Waals surface area (Å²) in [5, 5.41) is 4.89. The zero-order valence-electron chi connectivity index (χ0n) is 32.6. The molecule has 0 atom stereocenters. The minimum Gasteiger partial charge on any atom is -0.308 e. The Morgan fingerprint density at radius 2 is 0.867 bits per heavy atom. The summed E-state index contributed by atoms with van der Waals surface area (Å²) in [6.07, 6.45) is 0. The Kier molecular flexibility index (Phi) is 7.72. The highest BCUT2D eigenvalue weighted by Gasteiger charge is 2.47. The second-order valence-corrected chi connectivity index (χ2v) is 15.5. The van der Waals surface area contributed by atoms with E-state index in [0.717, 1.165) is 33.4 Å². The third-order valence-electron chi connectivity index (χ3n) is 12.3. The molecule has 0 fully saturated rings. The Morgan fingerprint density at radius 3 is 1.53 bits per heavy atom. The lowest BCUT2D eigenvalue weighted by atomic mass is 9.66. The molecule has 0 N–H and O–H groups in total. The lowest BCUT2D eigenvalue weighted by Gasteiger charge is -2.34. The quantitative estimate of drug-likeness (QED) is 0.169. The maximum absolute atomic E-state index is 5.20. The van der Waals surface area contributed by atoms with Gasteiger partial charge in [0.15, 0.2) is 17.5 Å². The molecule has 0 aliphatic heterocycles. The number of para-hydroxylation sites is 2. The van der Waals surface area contributed by atoms with Gasteiger partial charge >= 0.3 is 0 Å². The van der Waals surface area contributed by atoms with Crippen molar-refractivity contribution in [1.82, 2.24) is 19.5 Å². The largest absolute Gasteiger partial charge is 0.308 e. The monoisotopic (exact) mass is 764 g/mol. The Morgan fingerprint density at radius 1 is 0.350 bits per heavy atom. The molecule has 2 heterocycles. The van der Waals surface area contributed by atoms with E-state index in [2.05, 4.69) is 187 Å². The minimum absolute atomic E-state index is 0.560. The van der Waals surface area contributed by atoms with Crippen molar-refractivity contribution in [1.29, 1.82) is 0 Å². The molecule has 12 rings (SSSR count). The molecule has 0 spiro atoms. The summed E-state index contributed by atoms with van der Waals surface area (Å²) in [6, 6.07) is 78.2. The second-order valence-electron chi connectivity index (χ2n) is 15.5. The van der Waals surface area contributed by atoms with Crippen LogP contribution in [0.25, 0.3) is 83.6 Å². The van der Waals surface area contributed by atoms with Gasteiger partial charge in [0, 0.05) is 27.5 Å². The molecule has 4 heteroatoms. The number of aromatic nitrogens is 4. The van der Waals surface area contributed by atoms with Crippen molar-refractivity contribution in [3.63, 3.8) is 0 Å². The summed E-state index contributed by atoms with van der Waals surface area (Å²) in [5.74, 6) is 1.89. The van der Waals surface area contributed by atoms with Gasteiger partial charge in [-0.1, -0.05) is 194 Å². The first-order chi connectivity index (χ1) is 29.8. The molecule has 9 aromatic carbocycles. The van der Waals surface area contributed by atoms with Gasteiger partial charge in [-0.3, -0.25) is 0 Å². The van der Waals surface area contributed by atoms with Crippen LogP contribution < -0.4 is 0 Å². The standard InChI is InChI=1S/C56H36N4/c1-5-19-38(20-6-1)53-57-54(39-21-7-2-8-22-39)59-55(58-53)45-29-15-18-32-48(45)60-47-31-17-14-28-44(47)51-49(60)36-34-37-33-35-43-42-27-13-16-30-46(42)56(52(43)50(37)51,40-23-9-3-10-24-40)41-25-11-4-12-26-41/h1-36H. The Labute approximate surface area is 347 Å². The molecule has 2 aromatic heterocycles. The molecule has 60 heavy (non-hydrogen) atoms. The second kappa shape index (κ2) is 13.6. The van der Waals surface area contributed by atoms with E-state index < -0.39 is 5.41 Å². The van der Waals surface area contributed by atoms with Gasteiger partial charge in [0.1, 0.15) is 0 Å². The zero-order valence-corrected chi connectivity index (χ0v) is 32.6. The van der Waals surface area contributed by atoms with Crippen molar-refractivity contribution in [3.05, 3.63) is 241 Å². The first kappa shape index (κ1) is 34.1. The number of rotatable bonds is 6. The van der Waals surface area contributed by atoms with E-state index in [9.17, 15) is 0 Å². The predicted octanol–water partition coefficient (Wildman–Crippen LogP) is 13.5. The number of hydrogen-bond donors (Lipinski definition) is 0. The predicted molar refractivity (Wildman–Crippen MR) is 245 cm³/mol. The van der Waals surface area contributed by atoms with Crippen LogP contribution in [0, 0.1) is 0 Å². The maximum Gasteiger partial charge on any atom is 0.166 e. The van der Waals surface area contributed by atoms with Gasteiger partial charge in [-0.05, 0) is 68.4 Å². The van der Waals surface area contributed by atoms with Gasteiger partial charge in [0.2, 0.25) is 0 Å². The van der Waals surface area contributed by atoms with Crippen LogP contribution in [0.2, 0.25) is 0 Å². The van der Waals surface area contributed by atoms with Crippen molar-refractivity contribution < 1.29 is 0 Å². The lowest BCUT2D eigenvalue weighted by molar-refractivity contribution is 0.776. The van der Waals surface area contributed by atoms with Gasteiger partial charge in [0.25, 0.3) is 0 Å². The average Bonchev–Trinajstić information content (AvgIpc) is 3.84. The van der Waals surface area contributed by atoms with Gasteiger partial charge in [0.05, 0.1) is 22.1 Å². The summed E-state index contributed by atoms with van der Waals surface area (Å²) in [4.78, 5) is 15.4. The molecule has 0 amide bonds. The molecule has 1 aliphatic carbocycles. The highest BCUT2D eigenvalue weighted by atomic mass is 15.1. The highest BCUT2D eigenvalue weighted by Crippen LogP contribution is 2.59. The summed E-state index contributed by atoms with van der Waals surface area (Å²) in [7, 11) is 0. The van der Waals surface area contributed by atoms with Gasteiger partial charge < -0.3 is 4.57 Å². The van der Waals surface area contributed by atoms with E-state index in [1.165, 1.54) is 54.9 Å². The Bertz CT molecular complexity index is 3310. The molecule has 0 bridgehead atoms. The van der Waals surface area contributed by atoms with Crippen LogP contribution in [0.4, 0.5) is 0 Å². The third-order valence-corrected chi connectivity index (χ3v) is 12.3. The van der Waals surface area contributed by atoms with Crippen LogP contribution in [-0.2, 0) is 5.41 Å². The number of fused-ring (bicyclic) bond motifs is 9. The molecule has 0 unspecified atom stereocenters. The summed E-state index contributed by atoms with van der Waals surface area (Å²) < 4.78 is 2.42. The van der Waals surface area contributed by atoms with Gasteiger partial charge in [-0.25, -0.2) is 15.0 Å². The van der Waals surface area contributed by atoms with Crippen LogP contribution in [-0.4, -0.2) is 19.5 Å². The van der Waals surface area contributed by atoms with Crippen LogP contribution in [0.1, 0.15) is 22.3 Å². The molecule has 280 valence electrons. The first-order valence-electron chi connectivity index (χ1n) is 20.5. The first-order valence-corrected chi connectivity index (χ1v) is 20.5. The van der Waals surface area contributed by atoms with E-state index in [-0.39, 0.29) is 0 Å². The van der Waals surface area contributed by atoms with E-state index in [4.69, 9.17) is 15.0 Å². The van der Waals surface area contributed by atoms with E-state index in [1.54, 1.807) is 0 Å². The Hall–Kier alpha value is -7.95. The number of nitrogens with zero attached hydrogens (tertiary/aromatic N) is 4. The van der Waals surface area contributed by atoms with Gasteiger partial charge in [-0.2, -0.15) is 0 Å². The molecular weight excluding hydrogens is 729 g/mol.